The summed E-state index contributed by atoms with van der Waals surface area (Å²) in [5.74, 6) is 0. The van der Waals surface area contributed by atoms with Crippen LogP contribution in [0.3, 0.4) is 0 Å². The fourth-order valence-corrected chi connectivity index (χ4v) is 2.45. The fourth-order valence-electron chi connectivity index (χ4n) is 2.45. The second-order valence-electron chi connectivity index (χ2n) is 5.39. The number of ether oxygens (including phenoxy) is 1. The van der Waals surface area contributed by atoms with E-state index in [9.17, 15) is 0 Å². The lowest BCUT2D eigenvalue weighted by Crippen LogP contribution is -2.27. The lowest BCUT2D eigenvalue weighted by Gasteiger charge is -2.21. The molecule has 1 rings (SSSR count). The van der Waals surface area contributed by atoms with Crippen molar-refractivity contribution in [2.24, 2.45) is 0 Å². The zero-order chi connectivity index (χ0) is 11.3. The Labute approximate surface area is 94.8 Å². The van der Waals surface area contributed by atoms with E-state index in [0.717, 1.165) is 0 Å². The van der Waals surface area contributed by atoms with E-state index in [-0.39, 0.29) is 5.60 Å². The molecule has 1 N–H and O–H groups in total. The fraction of sp³-hybridized carbons (Fsp3) is 1.00. The summed E-state index contributed by atoms with van der Waals surface area (Å²) in [6.45, 7) is 6.66. The summed E-state index contributed by atoms with van der Waals surface area (Å²) >= 11 is 0. The van der Waals surface area contributed by atoms with Gasteiger partial charge in [0.05, 0.1) is 11.7 Å². The van der Waals surface area contributed by atoms with E-state index in [1.165, 1.54) is 38.5 Å². The van der Waals surface area contributed by atoms with Crippen LogP contribution in [0.5, 0.6) is 0 Å². The molecule has 15 heavy (non-hydrogen) atoms. The van der Waals surface area contributed by atoms with E-state index in [1.54, 1.807) is 0 Å². The third-order valence-corrected chi connectivity index (χ3v) is 3.44. The van der Waals surface area contributed by atoms with Crippen LogP contribution in [0.25, 0.3) is 0 Å². The van der Waals surface area contributed by atoms with E-state index >= 15 is 0 Å². The minimum Gasteiger partial charge on any atom is -0.372 e. The molecule has 0 aliphatic carbocycles. The maximum atomic E-state index is 5.99. The highest BCUT2D eigenvalue weighted by Crippen LogP contribution is 2.31. The molecule has 0 aromatic rings. The van der Waals surface area contributed by atoms with Gasteiger partial charge < -0.3 is 10.1 Å². The van der Waals surface area contributed by atoms with Crippen LogP contribution in [-0.2, 0) is 4.74 Å². The van der Waals surface area contributed by atoms with Gasteiger partial charge in [-0.1, -0.05) is 13.3 Å². The molecule has 0 bridgehead atoms. The Bertz CT molecular complexity index is 179. The molecule has 0 radical (unpaired) electrons. The molecule has 2 heteroatoms. The Hall–Kier alpha value is -0.0800. The van der Waals surface area contributed by atoms with Gasteiger partial charge in [0, 0.05) is 6.04 Å². The van der Waals surface area contributed by atoms with Gasteiger partial charge in [-0.25, -0.2) is 0 Å². The van der Waals surface area contributed by atoms with Crippen molar-refractivity contribution in [1.82, 2.24) is 5.32 Å². The quantitative estimate of drug-likeness (QED) is 0.732. The number of rotatable bonds is 6. The minimum absolute atomic E-state index is 0.130. The van der Waals surface area contributed by atoms with E-state index < -0.39 is 0 Å². The summed E-state index contributed by atoms with van der Waals surface area (Å²) in [6.07, 6.45) is 7.99. The van der Waals surface area contributed by atoms with Crippen molar-refractivity contribution in [3.8, 4) is 0 Å². The lowest BCUT2D eigenvalue weighted by molar-refractivity contribution is -0.0198. The summed E-state index contributed by atoms with van der Waals surface area (Å²) in [4.78, 5) is 0. The summed E-state index contributed by atoms with van der Waals surface area (Å²) in [5, 5.41) is 3.39. The predicted molar refractivity (Wildman–Crippen MR) is 65.2 cm³/mol. The molecule has 1 aliphatic rings. The van der Waals surface area contributed by atoms with Gasteiger partial charge in [-0.3, -0.25) is 0 Å². The number of nitrogens with one attached hydrogen (secondary N) is 1. The molecule has 1 saturated heterocycles. The molecule has 0 aromatic heterocycles. The molecule has 1 heterocycles. The monoisotopic (exact) mass is 213 g/mol. The van der Waals surface area contributed by atoms with Crippen molar-refractivity contribution in [3.63, 3.8) is 0 Å². The van der Waals surface area contributed by atoms with Crippen LogP contribution in [0, 0.1) is 0 Å². The molecule has 0 spiro atoms. The molecule has 2 atom stereocenters. The van der Waals surface area contributed by atoms with Crippen molar-refractivity contribution in [1.29, 1.82) is 0 Å². The van der Waals surface area contributed by atoms with Crippen LogP contribution in [0.1, 0.15) is 59.3 Å². The van der Waals surface area contributed by atoms with Crippen LogP contribution in [0.2, 0.25) is 0 Å². The van der Waals surface area contributed by atoms with E-state index in [4.69, 9.17) is 4.74 Å². The molecule has 2 unspecified atom stereocenters. The molecular formula is C13H27NO. The second kappa shape index (κ2) is 5.86. The van der Waals surface area contributed by atoms with Crippen molar-refractivity contribution in [2.45, 2.75) is 77.0 Å². The van der Waals surface area contributed by atoms with Crippen molar-refractivity contribution >= 4 is 0 Å². The Morgan fingerprint density at radius 3 is 2.60 bits per heavy atom. The standard InChI is InChI=1S/C13H27NO/c1-5-6-11(14-4)7-8-12-9-10-13(2,3)15-12/h11-12,14H,5-10H2,1-4H3. The first-order chi connectivity index (χ1) is 7.07. The van der Waals surface area contributed by atoms with Gasteiger partial charge in [-0.05, 0) is 53.0 Å². The summed E-state index contributed by atoms with van der Waals surface area (Å²) in [6, 6.07) is 0.683. The molecule has 0 amide bonds. The van der Waals surface area contributed by atoms with Crippen LogP contribution in [-0.4, -0.2) is 24.8 Å². The third-order valence-electron chi connectivity index (χ3n) is 3.44. The lowest BCUT2D eigenvalue weighted by atomic mass is 10.0. The summed E-state index contributed by atoms with van der Waals surface area (Å²) in [7, 11) is 2.07. The maximum absolute atomic E-state index is 5.99. The van der Waals surface area contributed by atoms with E-state index in [2.05, 4.69) is 33.1 Å². The number of hydrogen-bond acceptors (Lipinski definition) is 2. The van der Waals surface area contributed by atoms with E-state index in [1.807, 2.05) is 0 Å². The summed E-state index contributed by atoms with van der Waals surface area (Å²) in [5.41, 5.74) is 0.130. The van der Waals surface area contributed by atoms with Gasteiger partial charge in [-0.2, -0.15) is 0 Å². The molecule has 90 valence electrons. The molecule has 0 aromatic carbocycles. The van der Waals surface area contributed by atoms with Crippen molar-refractivity contribution in [2.75, 3.05) is 7.05 Å². The Kier molecular flexibility index (Phi) is 5.07. The van der Waals surface area contributed by atoms with Gasteiger partial charge in [0.2, 0.25) is 0 Å². The molecule has 0 saturated carbocycles. The Morgan fingerprint density at radius 2 is 2.13 bits per heavy atom. The zero-order valence-corrected chi connectivity index (χ0v) is 10.8. The molecule has 1 fully saturated rings. The first-order valence-electron chi connectivity index (χ1n) is 6.42. The zero-order valence-electron chi connectivity index (χ0n) is 10.8. The molecule has 2 nitrogen and oxygen atoms in total. The minimum atomic E-state index is 0.130. The van der Waals surface area contributed by atoms with Gasteiger partial charge in [0.1, 0.15) is 0 Å². The van der Waals surface area contributed by atoms with E-state index in [0.29, 0.717) is 12.1 Å². The van der Waals surface area contributed by atoms with Gasteiger partial charge in [0.15, 0.2) is 0 Å². The second-order valence-corrected chi connectivity index (χ2v) is 5.39. The highest BCUT2D eigenvalue weighted by molar-refractivity contribution is 4.81. The van der Waals surface area contributed by atoms with Gasteiger partial charge in [-0.15, -0.1) is 0 Å². The highest BCUT2D eigenvalue weighted by Gasteiger charge is 2.31. The Balaban J connectivity index is 2.19. The Morgan fingerprint density at radius 1 is 1.40 bits per heavy atom. The smallest absolute Gasteiger partial charge is 0.0631 e. The molecule has 1 aliphatic heterocycles. The average Bonchev–Trinajstić information content (AvgIpc) is 2.53. The molecular weight excluding hydrogens is 186 g/mol. The first-order valence-corrected chi connectivity index (χ1v) is 6.42. The summed E-state index contributed by atoms with van der Waals surface area (Å²) < 4.78 is 5.99. The van der Waals surface area contributed by atoms with Crippen LogP contribution >= 0.6 is 0 Å². The largest absolute Gasteiger partial charge is 0.372 e. The topological polar surface area (TPSA) is 21.3 Å². The average molecular weight is 213 g/mol. The van der Waals surface area contributed by atoms with Gasteiger partial charge in [0.25, 0.3) is 0 Å². The maximum Gasteiger partial charge on any atom is 0.0631 e. The van der Waals surface area contributed by atoms with Crippen molar-refractivity contribution in [3.05, 3.63) is 0 Å². The normalized spacial score (nSPS) is 26.8. The van der Waals surface area contributed by atoms with Crippen LogP contribution in [0.15, 0.2) is 0 Å². The SMILES string of the molecule is CCCC(CCC1CCC(C)(C)O1)NC. The number of hydrogen-bond donors (Lipinski definition) is 1. The third kappa shape index (κ3) is 4.52. The van der Waals surface area contributed by atoms with Gasteiger partial charge >= 0.3 is 0 Å². The first kappa shape index (κ1) is 13.0. The predicted octanol–water partition coefficient (Wildman–Crippen LogP) is 3.11. The van der Waals surface area contributed by atoms with Crippen LogP contribution < -0.4 is 5.32 Å². The van der Waals surface area contributed by atoms with Crippen molar-refractivity contribution < 1.29 is 4.74 Å². The van der Waals surface area contributed by atoms with Crippen LogP contribution in [0.4, 0.5) is 0 Å². The highest BCUT2D eigenvalue weighted by atomic mass is 16.5.